The zero-order valence-corrected chi connectivity index (χ0v) is 17.9. The normalized spacial score (nSPS) is 17.9. The Balaban J connectivity index is 1.23. The van der Waals surface area contributed by atoms with Crippen molar-refractivity contribution >= 4 is 20.8 Å². The van der Waals surface area contributed by atoms with Crippen molar-refractivity contribution in [2.75, 3.05) is 32.8 Å². The highest BCUT2D eigenvalue weighted by Gasteiger charge is 2.21. The first-order valence-electron chi connectivity index (χ1n) is 10.5. The Hall–Kier alpha value is -2.25. The van der Waals surface area contributed by atoms with Crippen LogP contribution in [0.15, 0.2) is 77.7 Å². The number of fused-ring (bicyclic) bond motifs is 1. The molecule has 0 unspecified atom stereocenters. The van der Waals surface area contributed by atoms with Crippen LogP contribution in [0.3, 0.4) is 0 Å². The van der Waals surface area contributed by atoms with Crippen LogP contribution < -0.4 is 4.72 Å². The third-order valence-electron chi connectivity index (χ3n) is 5.55. The van der Waals surface area contributed by atoms with Crippen LogP contribution >= 0.6 is 0 Å². The van der Waals surface area contributed by atoms with E-state index in [0.29, 0.717) is 11.4 Å². The maximum Gasteiger partial charge on any atom is 0.240 e. The molecule has 3 aromatic carbocycles. The number of nitrogens with zero attached hydrogens (tertiary/aromatic N) is 1. The average molecular weight is 425 g/mol. The fourth-order valence-corrected chi connectivity index (χ4v) is 4.97. The minimum absolute atomic E-state index is 0.117. The van der Waals surface area contributed by atoms with Gasteiger partial charge in [0.25, 0.3) is 0 Å². The quantitative estimate of drug-likeness (QED) is 0.556. The van der Waals surface area contributed by atoms with Crippen molar-refractivity contribution < 1.29 is 13.2 Å². The minimum atomic E-state index is -3.49. The molecule has 3 aromatic rings. The van der Waals surface area contributed by atoms with E-state index in [2.05, 4.69) is 21.8 Å². The van der Waals surface area contributed by atoms with E-state index in [0.717, 1.165) is 49.9 Å². The number of hydrogen-bond acceptors (Lipinski definition) is 4. The summed E-state index contributed by atoms with van der Waals surface area (Å²) in [7, 11) is -3.49. The van der Waals surface area contributed by atoms with Gasteiger partial charge in [-0.2, -0.15) is 0 Å². The highest BCUT2D eigenvalue weighted by atomic mass is 32.2. The third kappa shape index (κ3) is 5.26. The van der Waals surface area contributed by atoms with Gasteiger partial charge in [0.1, 0.15) is 0 Å². The number of morpholine rings is 1. The second-order valence-electron chi connectivity index (χ2n) is 7.68. The van der Waals surface area contributed by atoms with Crippen molar-refractivity contribution in [1.29, 1.82) is 0 Å². The van der Waals surface area contributed by atoms with Gasteiger partial charge in [-0.25, -0.2) is 13.1 Å². The number of hydrogen-bond donors (Lipinski definition) is 1. The molecule has 0 radical (unpaired) electrons. The molecule has 5 nitrogen and oxygen atoms in total. The second kappa shape index (κ2) is 9.71. The third-order valence-corrected chi connectivity index (χ3v) is 7.01. The van der Waals surface area contributed by atoms with Crippen LogP contribution in [0.2, 0.25) is 0 Å². The molecule has 0 saturated carbocycles. The van der Waals surface area contributed by atoms with E-state index in [9.17, 15) is 8.42 Å². The lowest BCUT2D eigenvalue weighted by Gasteiger charge is -2.33. The van der Waals surface area contributed by atoms with Gasteiger partial charge in [-0.15, -0.1) is 0 Å². The summed E-state index contributed by atoms with van der Waals surface area (Å²) in [6, 6.07) is 23.3. The zero-order valence-electron chi connectivity index (χ0n) is 17.0. The molecular formula is C24H28N2O3S. The Morgan fingerprint density at radius 3 is 2.53 bits per heavy atom. The van der Waals surface area contributed by atoms with E-state index in [1.54, 1.807) is 12.1 Å². The molecule has 1 aliphatic heterocycles. The molecule has 4 rings (SSSR count). The summed E-state index contributed by atoms with van der Waals surface area (Å²) in [4.78, 5) is 2.72. The van der Waals surface area contributed by atoms with Crippen molar-refractivity contribution in [2.24, 2.45) is 0 Å². The summed E-state index contributed by atoms with van der Waals surface area (Å²) >= 11 is 0. The number of rotatable bonds is 8. The van der Waals surface area contributed by atoms with Crippen LogP contribution in [-0.4, -0.2) is 46.1 Å². The zero-order chi connectivity index (χ0) is 20.8. The molecule has 1 saturated heterocycles. The van der Waals surface area contributed by atoms with Gasteiger partial charge in [0.05, 0.1) is 17.6 Å². The van der Waals surface area contributed by atoms with Gasteiger partial charge in [-0.3, -0.25) is 4.90 Å². The molecule has 1 fully saturated rings. The van der Waals surface area contributed by atoms with Crippen LogP contribution in [0.5, 0.6) is 0 Å². The van der Waals surface area contributed by atoms with Gasteiger partial charge >= 0.3 is 0 Å². The Morgan fingerprint density at radius 2 is 1.70 bits per heavy atom. The molecule has 1 atom stereocenters. The molecule has 1 heterocycles. The van der Waals surface area contributed by atoms with E-state index >= 15 is 0 Å². The predicted octanol–water partition coefficient (Wildman–Crippen LogP) is 3.97. The van der Waals surface area contributed by atoms with Crippen molar-refractivity contribution in [3.05, 3.63) is 78.4 Å². The van der Waals surface area contributed by atoms with Gasteiger partial charge in [-0.1, -0.05) is 60.7 Å². The Labute approximate surface area is 178 Å². The Morgan fingerprint density at radius 1 is 0.933 bits per heavy atom. The first-order valence-corrected chi connectivity index (χ1v) is 12.0. The Kier molecular flexibility index (Phi) is 6.79. The number of sulfonamides is 1. The lowest BCUT2D eigenvalue weighted by atomic mass is 10.1. The van der Waals surface area contributed by atoms with Gasteiger partial charge in [0.2, 0.25) is 10.0 Å². The number of benzene rings is 3. The molecule has 6 heteroatoms. The molecule has 158 valence electrons. The maximum atomic E-state index is 12.6. The first kappa shape index (κ1) is 21.0. The number of ether oxygens (including phenoxy) is 1. The number of nitrogens with one attached hydrogen (secondary N) is 1. The fourth-order valence-electron chi connectivity index (χ4n) is 3.86. The summed E-state index contributed by atoms with van der Waals surface area (Å²) in [5, 5.41) is 1.97. The van der Waals surface area contributed by atoms with E-state index in [4.69, 9.17) is 4.74 Å². The predicted molar refractivity (Wildman–Crippen MR) is 120 cm³/mol. The first-order chi connectivity index (χ1) is 14.6. The fraction of sp³-hybridized carbons (Fsp3) is 0.333. The van der Waals surface area contributed by atoms with E-state index in [1.807, 2.05) is 48.5 Å². The van der Waals surface area contributed by atoms with E-state index in [1.165, 1.54) is 5.56 Å². The molecule has 0 bridgehead atoms. The SMILES string of the molecule is O=S(=O)(NCCCCN1CCO[C@@H](c2ccccc2)C1)c1ccc2ccccc2c1. The second-order valence-corrected chi connectivity index (χ2v) is 9.45. The molecular weight excluding hydrogens is 396 g/mol. The summed E-state index contributed by atoms with van der Waals surface area (Å²) in [5.41, 5.74) is 1.21. The summed E-state index contributed by atoms with van der Waals surface area (Å²) in [5.74, 6) is 0. The van der Waals surface area contributed by atoms with Crippen LogP contribution in [0.25, 0.3) is 10.8 Å². The standard InChI is InChI=1S/C24H28N2O3S/c27-30(28,23-13-12-20-8-4-5-11-22(20)18-23)25-14-6-7-15-26-16-17-29-24(19-26)21-9-2-1-3-10-21/h1-5,8-13,18,24-25H,6-7,14-17,19H2/t24-/m1/s1. The van der Waals surface area contributed by atoms with Crippen molar-refractivity contribution in [3.63, 3.8) is 0 Å². The van der Waals surface area contributed by atoms with Crippen LogP contribution in [-0.2, 0) is 14.8 Å². The van der Waals surface area contributed by atoms with Gasteiger partial charge in [0.15, 0.2) is 0 Å². The maximum absolute atomic E-state index is 12.6. The monoisotopic (exact) mass is 424 g/mol. The molecule has 0 aliphatic carbocycles. The minimum Gasteiger partial charge on any atom is -0.371 e. The van der Waals surface area contributed by atoms with Crippen LogP contribution in [0.1, 0.15) is 24.5 Å². The topological polar surface area (TPSA) is 58.6 Å². The van der Waals surface area contributed by atoms with E-state index in [-0.39, 0.29) is 6.10 Å². The Bertz CT molecular complexity index is 1070. The molecule has 0 aromatic heterocycles. The molecule has 0 spiro atoms. The van der Waals surface area contributed by atoms with Gasteiger partial charge in [0, 0.05) is 19.6 Å². The smallest absolute Gasteiger partial charge is 0.240 e. The summed E-state index contributed by atoms with van der Waals surface area (Å²) in [6.07, 6.45) is 1.87. The average Bonchev–Trinajstić information content (AvgIpc) is 2.79. The lowest BCUT2D eigenvalue weighted by Crippen LogP contribution is -2.39. The molecule has 30 heavy (non-hydrogen) atoms. The van der Waals surface area contributed by atoms with Crippen LogP contribution in [0.4, 0.5) is 0 Å². The highest BCUT2D eigenvalue weighted by Crippen LogP contribution is 2.22. The highest BCUT2D eigenvalue weighted by molar-refractivity contribution is 7.89. The summed E-state index contributed by atoms with van der Waals surface area (Å²) < 4.78 is 33.9. The van der Waals surface area contributed by atoms with E-state index < -0.39 is 10.0 Å². The van der Waals surface area contributed by atoms with Crippen molar-refractivity contribution in [3.8, 4) is 0 Å². The van der Waals surface area contributed by atoms with Crippen molar-refractivity contribution in [1.82, 2.24) is 9.62 Å². The molecule has 0 amide bonds. The van der Waals surface area contributed by atoms with Crippen LogP contribution in [0, 0.1) is 0 Å². The number of unbranched alkanes of at least 4 members (excludes halogenated alkanes) is 1. The van der Waals surface area contributed by atoms with Crippen molar-refractivity contribution in [2.45, 2.75) is 23.8 Å². The van der Waals surface area contributed by atoms with Gasteiger partial charge < -0.3 is 4.74 Å². The molecule has 1 aliphatic rings. The summed E-state index contributed by atoms with van der Waals surface area (Å²) in [6.45, 7) is 3.93. The largest absolute Gasteiger partial charge is 0.371 e. The molecule has 1 N–H and O–H groups in total. The van der Waals surface area contributed by atoms with Gasteiger partial charge in [-0.05, 0) is 47.9 Å². The lowest BCUT2D eigenvalue weighted by molar-refractivity contribution is -0.0303.